The summed E-state index contributed by atoms with van der Waals surface area (Å²) in [4.78, 5) is 6.14. The fourth-order valence-electron chi connectivity index (χ4n) is 3.64. The maximum Gasteiger partial charge on any atom is 0.392 e. The normalized spacial score (nSPS) is 24.5. The average molecular weight is 295 g/mol. The van der Waals surface area contributed by atoms with Gasteiger partial charge in [0.15, 0.2) is 0 Å². The van der Waals surface area contributed by atoms with Crippen molar-refractivity contribution in [3.8, 4) is 6.07 Å². The van der Waals surface area contributed by atoms with Crippen LogP contribution in [-0.2, 0) is 0 Å². The summed E-state index contributed by atoms with van der Waals surface area (Å²) < 4.78 is 39.6. The second kappa shape index (κ2) is 4.90. The summed E-state index contributed by atoms with van der Waals surface area (Å²) in [5.74, 6) is -0.519. The summed E-state index contributed by atoms with van der Waals surface area (Å²) in [6.07, 6.45) is -0.344. The van der Waals surface area contributed by atoms with Gasteiger partial charge in [0.2, 0.25) is 0 Å². The van der Waals surface area contributed by atoms with Crippen molar-refractivity contribution in [3.63, 3.8) is 0 Å². The molecular formula is C15H16F3N3. The molecule has 0 aromatic carbocycles. The summed E-state index contributed by atoms with van der Waals surface area (Å²) in [5.41, 5.74) is -0.172. The lowest BCUT2D eigenvalue weighted by molar-refractivity contribution is -0.225. The summed E-state index contributed by atoms with van der Waals surface area (Å²) in [6, 6.07) is 5.37. The number of halogens is 3. The molecule has 1 aliphatic carbocycles. The molecule has 2 heterocycles. The van der Waals surface area contributed by atoms with Crippen LogP contribution in [0.15, 0.2) is 18.3 Å². The maximum absolute atomic E-state index is 13.2. The first-order chi connectivity index (χ1) is 9.94. The highest BCUT2D eigenvalue weighted by atomic mass is 19.4. The van der Waals surface area contributed by atoms with Gasteiger partial charge in [0.05, 0.1) is 11.5 Å². The molecular weight excluding hydrogens is 279 g/mol. The van der Waals surface area contributed by atoms with Gasteiger partial charge < -0.3 is 4.90 Å². The van der Waals surface area contributed by atoms with Crippen LogP contribution in [0.5, 0.6) is 0 Å². The third kappa shape index (κ3) is 2.45. The van der Waals surface area contributed by atoms with Gasteiger partial charge in [-0.2, -0.15) is 18.4 Å². The van der Waals surface area contributed by atoms with Gasteiger partial charge >= 0.3 is 6.18 Å². The zero-order valence-corrected chi connectivity index (χ0v) is 11.5. The van der Waals surface area contributed by atoms with E-state index in [0.29, 0.717) is 37.3 Å². The van der Waals surface area contributed by atoms with Gasteiger partial charge in [-0.25, -0.2) is 4.98 Å². The van der Waals surface area contributed by atoms with Crippen molar-refractivity contribution in [1.29, 1.82) is 5.26 Å². The molecule has 112 valence electrons. The first-order valence-corrected chi connectivity index (χ1v) is 7.12. The van der Waals surface area contributed by atoms with Crippen LogP contribution < -0.4 is 4.90 Å². The summed E-state index contributed by atoms with van der Waals surface area (Å²) in [5, 5.41) is 8.76. The highest BCUT2D eigenvalue weighted by Crippen LogP contribution is 2.56. The lowest BCUT2D eigenvalue weighted by atomic mass is 9.58. The van der Waals surface area contributed by atoms with Gasteiger partial charge in [-0.05, 0) is 36.8 Å². The fraction of sp³-hybridized carbons (Fsp3) is 0.600. The van der Waals surface area contributed by atoms with Gasteiger partial charge in [0.25, 0.3) is 0 Å². The van der Waals surface area contributed by atoms with E-state index in [4.69, 9.17) is 5.26 Å². The van der Waals surface area contributed by atoms with Gasteiger partial charge in [-0.3, -0.25) is 0 Å². The van der Waals surface area contributed by atoms with Crippen LogP contribution in [0.1, 0.15) is 31.2 Å². The van der Waals surface area contributed by atoms with E-state index < -0.39 is 17.5 Å². The monoisotopic (exact) mass is 295 g/mol. The number of nitrogens with zero attached hydrogens (tertiary/aromatic N) is 3. The molecule has 3 nitrogen and oxygen atoms in total. The van der Waals surface area contributed by atoms with Crippen molar-refractivity contribution in [2.75, 3.05) is 18.0 Å². The van der Waals surface area contributed by atoms with Crippen molar-refractivity contribution in [1.82, 2.24) is 4.98 Å². The molecule has 21 heavy (non-hydrogen) atoms. The standard InChI is InChI=1S/C15H16F3N3/c16-15(17,18)12-4-7-21(10-14(12)5-1-6-14)13-3-2-11(8-19)9-20-13/h2-3,9,12H,1,4-7,10H2/t12-/m0/s1. The Hall–Kier alpha value is -1.77. The number of pyridine rings is 1. The molecule has 6 heteroatoms. The molecule has 1 aliphatic heterocycles. The molecule has 2 aliphatic rings. The third-order valence-corrected chi connectivity index (χ3v) is 4.88. The number of anilines is 1. The first kappa shape index (κ1) is 14.2. The molecule has 1 saturated heterocycles. The number of alkyl halides is 3. The molecule has 2 fully saturated rings. The Morgan fingerprint density at radius 1 is 1.33 bits per heavy atom. The third-order valence-electron chi connectivity index (χ3n) is 4.88. The summed E-state index contributed by atoms with van der Waals surface area (Å²) in [6.45, 7) is 0.779. The quantitative estimate of drug-likeness (QED) is 0.796. The van der Waals surface area contributed by atoms with Crippen LogP contribution in [-0.4, -0.2) is 24.2 Å². The molecule has 0 N–H and O–H groups in total. The predicted octanol–water partition coefficient (Wildman–Crippen LogP) is 3.51. The molecule has 0 amide bonds. The number of hydrogen-bond acceptors (Lipinski definition) is 3. The van der Waals surface area contributed by atoms with E-state index in [1.165, 1.54) is 6.20 Å². The highest BCUT2D eigenvalue weighted by molar-refractivity contribution is 5.43. The van der Waals surface area contributed by atoms with Crippen LogP contribution in [0.4, 0.5) is 19.0 Å². The van der Waals surface area contributed by atoms with Crippen molar-refractivity contribution in [2.45, 2.75) is 31.9 Å². The van der Waals surface area contributed by atoms with Crippen molar-refractivity contribution in [3.05, 3.63) is 23.9 Å². The van der Waals surface area contributed by atoms with E-state index in [2.05, 4.69) is 4.98 Å². The molecule has 3 rings (SSSR count). The van der Waals surface area contributed by atoms with Crippen LogP contribution in [0, 0.1) is 22.7 Å². The Bertz CT molecular complexity index is 555. The Kier molecular flexibility index (Phi) is 3.31. The van der Waals surface area contributed by atoms with Crippen LogP contribution >= 0.6 is 0 Å². The van der Waals surface area contributed by atoms with E-state index in [1.807, 2.05) is 11.0 Å². The SMILES string of the molecule is N#Cc1ccc(N2CC[C@H](C(F)(F)F)C3(CCC3)C2)nc1. The number of nitriles is 1. The van der Waals surface area contributed by atoms with E-state index in [9.17, 15) is 13.2 Å². The van der Waals surface area contributed by atoms with Crippen LogP contribution in [0.2, 0.25) is 0 Å². The zero-order valence-electron chi connectivity index (χ0n) is 11.5. The van der Waals surface area contributed by atoms with Crippen LogP contribution in [0.3, 0.4) is 0 Å². The number of piperidine rings is 1. The number of aromatic nitrogens is 1. The first-order valence-electron chi connectivity index (χ1n) is 7.12. The largest absolute Gasteiger partial charge is 0.392 e. The molecule has 0 unspecified atom stereocenters. The van der Waals surface area contributed by atoms with E-state index >= 15 is 0 Å². The molecule has 0 bridgehead atoms. The second-order valence-corrected chi connectivity index (χ2v) is 6.04. The minimum atomic E-state index is -4.11. The summed E-state index contributed by atoms with van der Waals surface area (Å²) >= 11 is 0. The number of rotatable bonds is 1. The average Bonchev–Trinajstić information content (AvgIpc) is 2.44. The Balaban J connectivity index is 1.80. The topological polar surface area (TPSA) is 39.9 Å². The predicted molar refractivity (Wildman–Crippen MR) is 71.6 cm³/mol. The zero-order chi connectivity index (χ0) is 15.1. The Morgan fingerprint density at radius 2 is 2.10 bits per heavy atom. The van der Waals surface area contributed by atoms with Crippen molar-refractivity contribution >= 4 is 5.82 Å². The Morgan fingerprint density at radius 3 is 2.57 bits per heavy atom. The van der Waals surface area contributed by atoms with Gasteiger partial charge in [-0.15, -0.1) is 0 Å². The van der Waals surface area contributed by atoms with Crippen molar-refractivity contribution < 1.29 is 13.2 Å². The molecule has 1 atom stereocenters. The minimum Gasteiger partial charge on any atom is -0.356 e. The molecule has 1 saturated carbocycles. The highest BCUT2D eigenvalue weighted by Gasteiger charge is 2.58. The van der Waals surface area contributed by atoms with E-state index in [1.54, 1.807) is 12.1 Å². The van der Waals surface area contributed by atoms with Crippen molar-refractivity contribution in [2.24, 2.45) is 11.3 Å². The summed E-state index contributed by atoms with van der Waals surface area (Å²) in [7, 11) is 0. The molecule has 1 spiro atoms. The molecule has 1 aromatic heterocycles. The Labute approximate surface area is 121 Å². The minimum absolute atomic E-state index is 0.130. The maximum atomic E-state index is 13.2. The fourth-order valence-corrected chi connectivity index (χ4v) is 3.64. The van der Waals surface area contributed by atoms with Gasteiger partial charge in [0.1, 0.15) is 11.9 Å². The van der Waals surface area contributed by atoms with Gasteiger partial charge in [-0.1, -0.05) is 6.42 Å². The number of hydrogen-bond donors (Lipinski definition) is 0. The molecule has 0 radical (unpaired) electrons. The smallest absolute Gasteiger partial charge is 0.356 e. The lowest BCUT2D eigenvalue weighted by Gasteiger charge is -2.54. The van der Waals surface area contributed by atoms with E-state index in [0.717, 1.165) is 6.42 Å². The lowest BCUT2D eigenvalue weighted by Crippen LogP contribution is -2.56. The van der Waals surface area contributed by atoms with Crippen LogP contribution in [0.25, 0.3) is 0 Å². The van der Waals surface area contributed by atoms with E-state index in [-0.39, 0.29) is 6.42 Å². The second-order valence-electron chi connectivity index (χ2n) is 6.04. The van der Waals surface area contributed by atoms with Gasteiger partial charge in [0, 0.05) is 19.3 Å². The molecule has 1 aromatic rings.